The number of hydrogen-bond donors (Lipinski definition) is 2. The third-order valence-electron chi connectivity index (χ3n) is 4.05. The minimum atomic E-state index is 0.543. The number of aryl methyl sites for hydroxylation is 2. The molecular formula is C21H24N4O. The van der Waals surface area contributed by atoms with Crippen LogP contribution in [0.1, 0.15) is 17.5 Å². The predicted octanol–water partition coefficient (Wildman–Crippen LogP) is 4.58. The molecule has 2 aromatic carbocycles. The molecule has 0 fully saturated rings. The maximum absolute atomic E-state index is 5.39. The third kappa shape index (κ3) is 4.96. The molecule has 3 aromatic rings. The second-order valence-electron chi connectivity index (χ2n) is 6.11. The topological polar surface area (TPSA) is 59.1 Å². The fraction of sp³-hybridized carbons (Fsp3) is 0.238. The Bertz CT molecular complexity index is 836. The molecule has 0 aliphatic rings. The molecule has 2 N–H and O–H groups in total. The zero-order chi connectivity index (χ0) is 18.2. The molecule has 134 valence electrons. The standard InChI is InChI=1S/C21H24N4O/c1-16-10-11-19(26-2)18(15-16)24-21-23-14-12-20(25-21)22-13-6-9-17-7-4-3-5-8-17/h3-5,7-8,10-12,14-15H,6,9,13H2,1-2H3,(H2,22,23,24,25). The van der Waals surface area contributed by atoms with E-state index in [1.54, 1.807) is 13.3 Å². The zero-order valence-corrected chi connectivity index (χ0v) is 15.2. The minimum absolute atomic E-state index is 0.543. The molecule has 0 unspecified atom stereocenters. The largest absolute Gasteiger partial charge is 0.495 e. The molecule has 3 rings (SSSR count). The lowest BCUT2D eigenvalue weighted by Gasteiger charge is -2.12. The Labute approximate surface area is 154 Å². The van der Waals surface area contributed by atoms with Gasteiger partial charge in [-0.05, 0) is 49.1 Å². The normalized spacial score (nSPS) is 10.4. The van der Waals surface area contributed by atoms with Crippen LogP contribution in [0.15, 0.2) is 60.8 Å². The fourth-order valence-corrected chi connectivity index (χ4v) is 2.71. The van der Waals surface area contributed by atoms with Crippen molar-refractivity contribution in [1.82, 2.24) is 9.97 Å². The molecule has 0 saturated carbocycles. The molecule has 0 spiro atoms. The summed E-state index contributed by atoms with van der Waals surface area (Å²) in [4.78, 5) is 8.83. The van der Waals surface area contributed by atoms with Crippen LogP contribution in [0.2, 0.25) is 0 Å². The van der Waals surface area contributed by atoms with Gasteiger partial charge in [-0.25, -0.2) is 4.98 Å². The van der Waals surface area contributed by atoms with Gasteiger partial charge in [0.05, 0.1) is 12.8 Å². The van der Waals surface area contributed by atoms with Crippen molar-refractivity contribution in [1.29, 1.82) is 0 Å². The van der Waals surface area contributed by atoms with Crippen molar-refractivity contribution in [3.8, 4) is 5.75 Å². The second-order valence-corrected chi connectivity index (χ2v) is 6.11. The van der Waals surface area contributed by atoms with E-state index in [-0.39, 0.29) is 0 Å². The fourth-order valence-electron chi connectivity index (χ4n) is 2.71. The van der Waals surface area contributed by atoms with E-state index in [9.17, 15) is 0 Å². The van der Waals surface area contributed by atoms with Crippen LogP contribution in [0.3, 0.4) is 0 Å². The van der Waals surface area contributed by atoms with Gasteiger partial charge in [0.1, 0.15) is 11.6 Å². The van der Waals surface area contributed by atoms with Gasteiger partial charge in [-0.2, -0.15) is 4.98 Å². The van der Waals surface area contributed by atoms with Gasteiger partial charge in [-0.3, -0.25) is 0 Å². The van der Waals surface area contributed by atoms with Crippen LogP contribution >= 0.6 is 0 Å². The summed E-state index contributed by atoms with van der Waals surface area (Å²) in [6.07, 6.45) is 3.84. The van der Waals surface area contributed by atoms with Crippen LogP contribution in [-0.4, -0.2) is 23.6 Å². The summed E-state index contributed by atoms with van der Waals surface area (Å²) in [7, 11) is 1.65. The first-order valence-electron chi connectivity index (χ1n) is 8.77. The summed E-state index contributed by atoms with van der Waals surface area (Å²) in [5.74, 6) is 2.12. The molecule has 0 bridgehead atoms. The molecule has 5 nitrogen and oxygen atoms in total. The Hall–Kier alpha value is -3.08. The maximum Gasteiger partial charge on any atom is 0.229 e. The van der Waals surface area contributed by atoms with Crippen LogP contribution in [0.25, 0.3) is 0 Å². The average Bonchev–Trinajstić information content (AvgIpc) is 2.67. The number of ether oxygens (including phenoxy) is 1. The van der Waals surface area contributed by atoms with E-state index in [0.29, 0.717) is 5.95 Å². The van der Waals surface area contributed by atoms with E-state index in [1.165, 1.54) is 5.56 Å². The Kier molecular flexibility index (Phi) is 6.04. The van der Waals surface area contributed by atoms with Gasteiger partial charge < -0.3 is 15.4 Å². The SMILES string of the molecule is COc1ccc(C)cc1Nc1nccc(NCCCc2ccccc2)n1. The Morgan fingerprint density at radius 3 is 2.69 bits per heavy atom. The first-order valence-corrected chi connectivity index (χ1v) is 8.77. The highest BCUT2D eigenvalue weighted by Gasteiger charge is 2.06. The molecule has 1 aromatic heterocycles. The van der Waals surface area contributed by atoms with Gasteiger partial charge in [0.2, 0.25) is 5.95 Å². The van der Waals surface area contributed by atoms with Gasteiger partial charge in [0.15, 0.2) is 0 Å². The molecule has 0 radical (unpaired) electrons. The highest BCUT2D eigenvalue weighted by Crippen LogP contribution is 2.27. The lowest BCUT2D eigenvalue weighted by molar-refractivity contribution is 0.416. The highest BCUT2D eigenvalue weighted by molar-refractivity contribution is 5.64. The van der Waals surface area contributed by atoms with E-state index in [4.69, 9.17) is 4.74 Å². The Morgan fingerprint density at radius 2 is 1.88 bits per heavy atom. The summed E-state index contributed by atoms with van der Waals surface area (Å²) >= 11 is 0. The number of nitrogens with zero attached hydrogens (tertiary/aromatic N) is 2. The summed E-state index contributed by atoms with van der Waals surface area (Å²) < 4.78 is 5.39. The molecule has 0 saturated heterocycles. The van der Waals surface area contributed by atoms with Crippen molar-refractivity contribution < 1.29 is 4.74 Å². The highest BCUT2D eigenvalue weighted by atomic mass is 16.5. The van der Waals surface area contributed by atoms with Gasteiger partial charge in [-0.1, -0.05) is 36.4 Å². The molecule has 5 heteroatoms. The monoisotopic (exact) mass is 348 g/mol. The van der Waals surface area contributed by atoms with Crippen molar-refractivity contribution in [2.75, 3.05) is 24.3 Å². The molecule has 1 heterocycles. The predicted molar refractivity (Wildman–Crippen MR) is 106 cm³/mol. The van der Waals surface area contributed by atoms with Gasteiger partial charge in [0.25, 0.3) is 0 Å². The quantitative estimate of drug-likeness (QED) is 0.584. The van der Waals surface area contributed by atoms with Crippen molar-refractivity contribution in [2.24, 2.45) is 0 Å². The number of benzene rings is 2. The number of aromatic nitrogens is 2. The zero-order valence-electron chi connectivity index (χ0n) is 15.2. The van der Waals surface area contributed by atoms with Crippen LogP contribution in [0.5, 0.6) is 5.75 Å². The van der Waals surface area contributed by atoms with Crippen LogP contribution in [-0.2, 0) is 6.42 Å². The van der Waals surface area contributed by atoms with Crippen molar-refractivity contribution >= 4 is 17.5 Å². The molecule has 0 aliphatic carbocycles. The average molecular weight is 348 g/mol. The van der Waals surface area contributed by atoms with Gasteiger partial charge >= 0.3 is 0 Å². The molecule has 0 amide bonds. The van der Waals surface area contributed by atoms with E-state index < -0.39 is 0 Å². The van der Waals surface area contributed by atoms with E-state index in [1.807, 2.05) is 37.3 Å². The first kappa shape index (κ1) is 17.7. The molecule has 26 heavy (non-hydrogen) atoms. The number of nitrogens with one attached hydrogen (secondary N) is 2. The Morgan fingerprint density at radius 1 is 1.04 bits per heavy atom. The molecule has 0 aliphatic heterocycles. The van der Waals surface area contributed by atoms with Crippen LogP contribution in [0.4, 0.5) is 17.5 Å². The van der Waals surface area contributed by atoms with E-state index >= 15 is 0 Å². The van der Waals surface area contributed by atoms with E-state index in [2.05, 4.69) is 44.9 Å². The third-order valence-corrected chi connectivity index (χ3v) is 4.05. The van der Waals surface area contributed by atoms with Crippen LogP contribution in [0, 0.1) is 6.92 Å². The van der Waals surface area contributed by atoms with Gasteiger partial charge in [0, 0.05) is 12.7 Å². The lowest BCUT2D eigenvalue weighted by atomic mass is 10.1. The number of methoxy groups -OCH3 is 1. The minimum Gasteiger partial charge on any atom is -0.495 e. The van der Waals surface area contributed by atoms with E-state index in [0.717, 1.165) is 42.2 Å². The second kappa shape index (κ2) is 8.85. The Balaban J connectivity index is 1.57. The molecule has 0 atom stereocenters. The summed E-state index contributed by atoms with van der Waals surface area (Å²) in [5.41, 5.74) is 3.35. The van der Waals surface area contributed by atoms with Crippen LogP contribution < -0.4 is 15.4 Å². The lowest BCUT2D eigenvalue weighted by Crippen LogP contribution is -2.06. The maximum atomic E-state index is 5.39. The number of anilines is 3. The summed E-state index contributed by atoms with van der Waals surface area (Å²) in [6, 6.07) is 18.3. The van der Waals surface area contributed by atoms with Crippen molar-refractivity contribution in [3.05, 3.63) is 71.9 Å². The summed E-state index contributed by atoms with van der Waals surface area (Å²) in [6.45, 7) is 2.90. The smallest absolute Gasteiger partial charge is 0.229 e. The van der Waals surface area contributed by atoms with Crippen molar-refractivity contribution in [2.45, 2.75) is 19.8 Å². The first-order chi connectivity index (χ1) is 12.7. The number of rotatable bonds is 8. The number of hydrogen-bond acceptors (Lipinski definition) is 5. The van der Waals surface area contributed by atoms with Gasteiger partial charge in [-0.15, -0.1) is 0 Å². The van der Waals surface area contributed by atoms with Crippen molar-refractivity contribution in [3.63, 3.8) is 0 Å². The summed E-state index contributed by atoms with van der Waals surface area (Å²) in [5, 5.41) is 6.59. The molecular weight excluding hydrogens is 324 g/mol.